The number of anilines is 2. The van der Waals surface area contributed by atoms with E-state index < -0.39 is 11.6 Å². The van der Waals surface area contributed by atoms with Crippen molar-refractivity contribution in [2.24, 2.45) is 0 Å². The van der Waals surface area contributed by atoms with Gasteiger partial charge in [-0.05, 0) is 37.3 Å². The zero-order chi connectivity index (χ0) is 19.8. The van der Waals surface area contributed by atoms with E-state index in [1.54, 1.807) is 30.5 Å². The lowest BCUT2D eigenvalue weighted by atomic mass is 10.0. The second kappa shape index (κ2) is 7.50. The zero-order valence-corrected chi connectivity index (χ0v) is 16.6. The molecule has 0 unspecified atom stereocenters. The fraction of sp³-hybridized carbons (Fsp3) is 0.0526. The number of hydrogen-bond donors (Lipinski definition) is 1. The van der Waals surface area contributed by atoms with Gasteiger partial charge in [0.25, 0.3) is 0 Å². The Balaban J connectivity index is 1.70. The molecule has 0 aliphatic carbocycles. The van der Waals surface area contributed by atoms with Gasteiger partial charge in [0.2, 0.25) is 0 Å². The maximum atomic E-state index is 13.9. The normalized spacial score (nSPS) is 11.0. The number of aromatic nitrogens is 2. The molecule has 0 aliphatic heterocycles. The molecule has 2 aromatic heterocycles. The predicted molar refractivity (Wildman–Crippen MR) is 107 cm³/mol. The number of nitrogens with zero attached hydrogens (tertiary/aromatic N) is 2. The third kappa shape index (κ3) is 3.61. The van der Waals surface area contributed by atoms with E-state index in [-0.39, 0.29) is 5.69 Å². The van der Waals surface area contributed by atoms with E-state index in [2.05, 4.69) is 15.5 Å². The summed E-state index contributed by atoms with van der Waals surface area (Å²) in [5.41, 5.74) is 2.59. The molecule has 1 N–H and O–H groups in total. The van der Waals surface area contributed by atoms with Crippen molar-refractivity contribution in [2.45, 2.75) is 6.92 Å². The largest absolute Gasteiger partial charge is 0.360 e. The summed E-state index contributed by atoms with van der Waals surface area (Å²) < 4.78 is 32.3. The van der Waals surface area contributed by atoms with E-state index in [4.69, 9.17) is 27.7 Å². The molecule has 4 aromatic rings. The highest BCUT2D eigenvalue weighted by molar-refractivity contribution is 7.14. The van der Waals surface area contributed by atoms with Crippen LogP contribution in [0.2, 0.25) is 10.0 Å². The zero-order valence-electron chi connectivity index (χ0n) is 14.3. The van der Waals surface area contributed by atoms with Gasteiger partial charge in [0.15, 0.2) is 5.13 Å². The molecule has 0 atom stereocenters. The first-order valence-electron chi connectivity index (χ1n) is 8.02. The molecule has 9 heteroatoms. The second-order valence-electron chi connectivity index (χ2n) is 5.87. The predicted octanol–water partition coefficient (Wildman–Crippen LogP) is 7.10. The molecule has 0 aliphatic rings. The van der Waals surface area contributed by atoms with Crippen LogP contribution in [0, 0.1) is 18.6 Å². The first-order chi connectivity index (χ1) is 13.4. The Morgan fingerprint density at radius 3 is 2.68 bits per heavy atom. The second-order valence-corrected chi connectivity index (χ2v) is 7.58. The third-order valence-corrected chi connectivity index (χ3v) is 5.29. The Morgan fingerprint density at radius 2 is 1.93 bits per heavy atom. The van der Waals surface area contributed by atoms with Crippen molar-refractivity contribution >= 4 is 45.4 Å². The first kappa shape index (κ1) is 18.9. The summed E-state index contributed by atoms with van der Waals surface area (Å²) in [6.45, 7) is 1.77. The number of aryl methyl sites for hydroxylation is 1. The lowest BCUT2D eigenvalue weighted by Gasteiger charge is -2.04. The van der Waals surface area contributed by atoms with Crippen molar-refractivity contribution in [3.63, 3.8) is 0 Å². The van der Waals surface area contributed by atoms with Gasteiger partial charge in [-0.1, -0.05) is 28.4 Å². The van der Waals surface area contributed by atoms with Crippen LogP contribution in [0.1, 0.15) is 5.76 Å². The number of hydrogen-bond acceptors (Lipinski definition) is 5. The summed E-state index contributed by atoms with van der Waals surface area (Å²) in [4.78, 5) is 4.48. The highest BCUT2D eigenvalue weighted by Crippen LogP contribution is 2.39. The van der Waals surface area contributed by atoms with Crippen LogP contribution in [0.25, 0.3) is 22.5 Å². The fourth-order valence-electron chi connectivity index (χ4n) is 2.69. The van der Waals surface area contributed by atoms with E-state index in [9.17, 15) is 8.78 Å². The van der Waals surface area contributed by atoms with Crippen molar-refractivity contribution in [3.05, 3.63) is 69.2 Å². The van der Waals surface area contributed by atoms with Gasteiger partial charge < -0.3 is 9.84 Å². The van der Waals surface area contributed by atoms with Crippen LogP contribution < -0.4 is 5.32 Å². The summed E-state index contributed by atoms with van der Waals surface area (Å²) >= 11 is 13.5. The van der Waals surface area contributed by atoms with Crippen molar-refractivity contribution in [3.8, 4) is 22.5 Å². The monoisotopic (exact) mass is 437 g/mol. The minimum Gasteiger partial charge on any atom is -0.360 e. The molecule has 0 radical (unpaired) electrons. The number of nitrogens with one attached hydrogen (secondary N) is 1. The highest BCUT2D eigenvalue weighted by Gasteiger charge is 2.21. The molecule has 2 heterocycles. The molecule has 142 valence electrons. The standard InChI is InChI=1S/C19H11Cl2F2N3OS/c1-9-17(18(26-27-9)12-4-2-10(20)6-13(12)21)16-8-28-19(25-16)24-15-5-3-11(22)7-14(15)23/h2-8H,1H3,(H,24,25). The smallest absolute Gasteiger partial charge is 0.187 e. The Kier molecular flexibility index (Phi) is 5.05. The van der Waals surface area contributed by atoms with Crippen molar-refractivity contribution in [1.29, 1.82) is 0 Å². The number of halogens is 4. The van der Waals surface area contributed by atoms with Crippen LogP contribution in [-0.4, -0.2) is 10.1 Å². The number of rotatable bonds is 4. The average Bonchev–Trinajstić information content (AvgIpc) is 3.24. The van der Waals surface area contributed by atoms with Crippen molar-refractivity contribution in [1.82, 2.24) is 10.1 Å². The average molecular weight is 438 g/mol. The van der Waals surface area contributed by atoms with Gasteiger partial charge in [0.1, 0.15) is 23.1 Å². The minimum absolute atomic E-state index is 0.130. The Bertz CT molecular complexity index is 1180. The van der Waals surface area contributed by atoms with Crippen LogP contribution in [0.3, 0.4) is 0 Å². The molecule has 0 fully saturated rings. The van der Waals surface area contributed by atoms with Crippen LogP contribution in [0.5, 0.6) is 0 Å². The Labute approximate surface area is 172 Å². The van der Waals surface area contributed by atoms with E-state index in [1.165, 1.54) is 23.5 Å². The Morgan fingerprint density at radius 1 is 1.11 bits per heavy atom. The third-order valence-electron chi connectivity index (χ3n) is 3.98. The summed E-state index contributed by atoms with van der Waals surface area (Å²) in [5.74, 6) is -0.787. The summed E-state index contributed by atoms with van der Waals surface area (Å²) in [7, 11) is 0. The maximum Gasteiger partial charge on any atom is 0.187 e. The summed E-state index contributed by atoms with van der Waals surface area (Å²) in [6, 6.07) is 8.38. The first-order valence-corrected chi connectivity index (χ1v) is 9.65. The highest BCUT2D eigenvalue weighted by atomic mass is 35.5. The topological polar surface area (TPSA) is 51.0 Å². The molecule has 28 heavy (non-hydrogen) atoms. The van der Waals surface area contributed by atoms with Gasteiger partial charge in [-0.3, -0.25) is 0 Å². The lowest BCUT2D eigenvalue weighted by molar-refractivity contribution is 0.400. The summed E-state index contributed by atoms with van der Waals surface area (Å²) in [6.07, 6.45) is 0. The molecular weight excluding hydrogens is 427 g/mol. The van der Waals surface area contributed by atoms with Gasteiger partial charge in [0, 0.05) is 22.0 Å². The van der Waals surface area contributed by atoms with Crippen LogP contribution in [0.4, 0.5) is 19.6 Å². The van der Waals surface area contributed by atoms with E-state index in [0.717, 1.165) is 6.07 Å². The number of thiazole rings is 1. The van der Waals surface area contributed by atoms with Crippen LogP contribution in [0.15, 0.2) is 46.3 Å². The molecular formula is C19H11Cl2F2N3OS. The van der Waals surface area contributed by atoms with E-state index in [0.29, 0.717) is 43.5 Å². The maximum absolute atomic E-state index is 13.9. The molecule has 0 bridgehead atoms. The van der Waals surface area contributed by atoms with E-state index in [1.807, 2.05) is 0 Å². The van der Waals surface area contributed by atoms with E-state index >= 15 is 0 Å². The fourth-order valence-corrected chi connectivity index (χ4v) is 3.90. The van der Waals surface area contributed by atoms with Crippen LogP contribution in [-0.2, 0) is 0 Å². The molecule has 4 rings (SSSR count). The van der Waals surface area contributed by atoms with Crippen molar-refractivity contribution < 1.29 is 13.3 Å². The molecule has 0 saturated heterocycles. The number of benzene rings is 2. The van der Waals surface area contributed by atoms with Gasteiger partial charge in [-0.15, -0.1) is 11.3 Å². The quantitative estimate of drug-likeness (QED) is 0.369. The minimum atomic E-state index is -0.702. The molecule has 0 saturated carbocycles. The molecule has 2 aromatic carbocycles. The lowest BCUT2D eigenvalue weighted by Crippen LogP contribution is -1.94. The van der Waals surface area contributed by atoms with Crippen LogP contribution >= 0.6 is 34.5 Å². The van der Waals surface area contributed by atoms with Gasteiger partial charge in [-0.25, -0.2) is 13.8 Å². The van der Waals surface area contributed by atoms with Crippen molar-refractivity contribution in [2.75, 3.05) is 5.32 Å². The van der Waals surface area contributed by atoms with Gasteiger partial charge in [-0.2, -0.15) is 0 Å². The van der Waals surface area contributed by atoms with Gasteiger partial charge in [0.05, 0.1) is 22.0 Å². The summed E-state index contributed by atoms with van der Waals surface area (Å²) in [5, 5.41) is 10.1. The molecule has 0 spiro atoms. The molecule has 0 amide bonds. The van der Waals surface area contributed by atoms with Gasteiger partial charge >= 0.3 is 0 Å². The Hall–Kier alpha value is -2.48. The molecule has 4 nitrogen and oxygen atoms in total. The SMILES string of the molecule is Cc1onc(-c2ccc(Cl)cc2Cl)c1-c1csc(Nc2ccc(F)cc2F)n1.